The van der Waals surface area contributed by atoms with Crippen LogP contribution in [0.2, 0.25) is 0 Å². The highest BCUT2D eigenvalue weighted by Crippen LogP contribution is 2.35. The standard InChI is InChI=1S/C14H22BrNO4/c1-18-6-4-16(5-7-19-2)10-11-8-12(15)14(17)13(9-11)20-3/h8-9,17H,4-7,10H2,1-3H3. The summed E-state index contributed by atoms with van der Waals surface area (Å²) in [4.78, 5) is 2.23. The zero-order chi connectivity index (χ0) is 15.0. The van der Waals surface area contributed by atoms with Crippen LogP contribution < -0.4 is 4.74 Å². The second-order valence-electron chi connectivity index (χ2n) is 4.39. The fourth-order valence-corrected chi connectivity index (χ4v) is 2.33. The van der Waals surface area contributed by atoms with E-state index in [-0.39, 0.29) is 5.75 Å². The third kappa shape index (κ3) is 5.28. The molecule has 0 heterocycles. The molecule has 0 aliphatic rings. The Kier molecular flexibility index (Phi) is 7.91. The van der Waals surface area contributed by atoms with Crippen molar-refractivity contribution < 1.29 is 19.3 Å². The number of phenols is 1. The molecule has 1 aromatic rings. The van der Waals surface area contributed by atoms with Crippen LogP contribution in [0.5, 0.6) is 11.5 Å². The van der Waals surface area contributed by atoms with Crippen molar-refractivity contribution in [1.82, 2.24) is 4.90 Å². The quantitative estimate of drug-likeness (QED) is 0.742. The Bertz CT molecular complexity index is 406. The van der Waals surface area contributed by atoms with E-state index >= 15 is 0 Å². The minimum absolute atomic E-state index is 0.122. The first kappa shape index (κ1) is 17.2. The largest absolute Gasteiger partial charge is 0.503 e. The Morgan fingerprint density at radius 3 is 2.20 bits per heavy atom. The zero-order valence-electron chi connectivity index (χ0n) is 12.2. The van der Waals surface area contributed by atoms with Gasteiger partial charge in [-0.2, -0.15) is 0 Å². The first-order valence-electron chi connectivity index (χ1n) is 6.38. The lowest BCUT2D eigenvalue weighted by Crippen LogP contribution is -2.30. The van der Waals surface area contributed by atoms with Gasteiger partial charge in [0.2, 0.25) is 0 Å². The van der Waals surface area contributed by atoms with E-state index in [2.05, 4.69) is 20.8 Å². The third-order valence-corrected chi connectivity index (χ3v) is 3.54. The molecule has 0 radical (unpaired) electrons. The van der Waals surface area contributed by atoms with Crippen LogP contribution in [0.3, 0.4) is 0 Å². The van der Waals surface area contributed by atoms with Crippen LogP contribution in [0.1, 0.15) is 5.56 Å². The Morgan fingerprint density at radius 1 is 1.10 bits per heavy atom. The summed E-state index contributed by atoms with van der Waals surface area (Å²) in [6.07, 6.45) is 0. The van der Waals surface area contributed by atoms with Crippen molar-refractivity contribution in [2.75, 3.05) is 47.6 Å². The Hall–Kier alpha value is -0.820. The van der Waals surface area contributed by atoms with Gasteiger partial charge in [0.15, 0.2) is 11.5 Å². The lowest BCUT2D eigenvalue weighted by Gasteiger charge is -2.22. The summed E-state index contributed by atoms with van der Waals surface area (Å²) in [6.45, 7) is 3.71. The average Bonchev–Trinajstić information content (AvgIpc) is 2.45. The van der Waals surface area contributed by atoms with Crippen molar-refractivity contribution >= 4 is 15.9 Å². The highest BCUT2D eigenvalue weighted by atomic mass is 79.9. The van der Waals surface area contributed by atoms with Gasteiger partial charge in [-0.15, -0.1) is 0 Å². The van der Waals surface area contributed by atoms with Crippen LogP contribution in [0.25, 0.3) is 0 Å². The molecule has 0 aromatic heterocycles. The Labute approximate surface area is 128 Å². The highest BCUT2D eigenvalue weighted by molar-refractivity contribution is 9.10. The summed E-state index contributed by atoms with van der Waals surface area (Å²) in [6, 6.07) is 3.73. The number of phenolic OH excluding ortho intramolecular Hbond substituents is 1. The van der Waals surface area contributed by atoms with Gasteiger partial charge in [0, 0.05) is 33.9 Å². The number of nitrogens with zero attached hydrogens (tertiary/aromatic N) is 1. The number of hydrogen-bond donors (Lipinski definition) is 1. The molecule has 0 bridgehead atoms. The van der Waals surface area contributed by atoms with E-state index in [0.717, 1.165) is 25.2 Å². The Morgan fingerprint density at radius 2 is 1.70 bits per heavy atom. The van der Waals surface area contributed by atoms with E-state index in [1.54, 1.807) is 21.3 Å². The number of methoxy groups -OCH3 is 3. The molecular formula is C14H22BrNO4. The molecule has 114 valence electrons. The molecule has 0 unspecified atom stereocenters. The van der Waals surface area contributed by atoms with Crippen molar-refractivity contribution in [2.24, 2.45) is 0 Å². The van der Waals surface area contributed by atoms with Crippen LogP contribution >= 0.6 is 15.9 Å². The van der Waals surface area contributed by atoms with E-state index in [1.807, 2.05) is 12.1 Å². The summed E-state index contributed by atoms with van der Waals surface area (Å²) >= 11 is 3.34. The smallest absolute Gasteiger partial charge is 0.172 e. The second-order valence-corrected chi connectivity index (χ2v) is 5.24. The van der Waals surface area contributed by atoms with E-state index in [4.69, 9.17) is 14.2 Å². The maximum absolute atomic E-state index is 9.81. The van der Waals surface area contributed by atoms with Crippen molar-refractivity contribution in [3.05, 3.63) is 22.2 Å². The summed E-state index contributed by atoms with van der Waals surface area (Å²) in [5.41, 5.74) is 1.05. The number of aromatic hydroxyl groups is 1. The van der Waals surface area contributed by atoms with Crippen molar-refractivity contribution in [3.8, 4) is 11.5 Å². The molecular weight excluding hydrogens is 326 g/mol. The molecule has 0 saturated heterocycles. The number of hydrogen-bond acceptors (Lipinski definition) is 5. The zero-order valence-corrected chi connectivity index (χ0v) is 13.8. The molecule has 0 amide bonds. The molecule has 1 aromatic carbocycles. The summed E-state index contributed by atoms with van der Waals surface area (Å²) in [5.74, 6) is 0.587. The molecule has 0 spiro atoms. The molecule has 20 heavy (non-hydrogen) atoms. The van der Waals surface area contributed by atoms with E-state index in [0.29, 0.717) is 23.4 Å². The fourth-order valence-electron chi connectivity index (χ4n) is 1.84. The molecule has 1 N–H and O–H groups in total. The minimum atomic E-state index is 0.122. The van der Waals surface area contributed by atoms with Gasteiger partial charge < -0.3 is 19.3 Å². The monoisotopic (exact) mass is 347 g/mol. The number of rotatable bonds is 9. The van der Waals surface area contributed by atoms with Crippen molar-refractivity contribution in [3.63, 3.8) is 0 Å². The molecule has 6 heteroatoms. The number of halogens is 1. The van der Waals surface area contributed by atoms with Crippen molar-refractivity contribution in [2.45, 2.75) is 6.54 Å². The minimum Gasteiger partial charge on any atom is -0.503 e. The van der Waals surface area contributed by atoms with E-state index in [1.165, 1.54) is 0 Å². The topological polar surface area (TPSA) is 51.2 Å². The SMILES string of the molecule is COCCN(CCOC)Cc1cc(Br)c(O)c(OC)c1. The summed E-state index contributed by atoms with van der Waals surface area (Å²) < 4.78 is 16.0. The van der Waals surface area contributed by atoms with Crippen LogP contribution in [0.4, 0.5) is 0 Å². The normalized spacial score (nSPS) is 11.1. The number of benzene rings is 1. The first-order chi connectivity index (χ1) is 9.62. The fraction of sp³-hybridized carbons (Fsp3) is 0.571. The third-order valence-electron chi connectivity index (χ3n) is 2.94. The van der Waals surface area contributed by atoms with E-state index in [9.17, 15) is 5.11 Å². The van der Waals surface area contributed by atoms with E-state index < -0.39 is 0 Å². The molecule has 0 saturated carbocycles. The van der Waals surface area contributed by atoms with Gasteiger partial charge in [-0.25, -0.2) is 0 Å². The molecule has 0 aliphatic heterocycles. The van der Waals surface area contributed by atoms with Crippen molar-refractivity contribution in [1.29, 1.82) is 0 Å². The van der Waals surface area contributed by atoms with Gasteiger partial charge >= 0.3 is 0 Å². The second kappa shape index (κ2) is 9.18. The van der Waals surface area contributed by atoms with Crippen LogP contribution in [-0.4, -0.2) is 57.6 Å². The van der Waals surface area contributed by atoms with Gasteiger partial charge in [-0.1, -0.05) is 0 Å². The predicted octanol–water partition coefficient (Wildman–Crippen LogP) is 2.26. The van der Waals surface area contributed by atoms with Crippen LogP contribution in [0.15, 0.2) is 16.6 Å². The molecule has 5 nitrogen and oxygen atoms in total. The summed E-state index contributed by atoms with van der Waals surface area (Å²) in [7, 11) is 4.92. The average molecular weight is 348 g/mol. The van der Waals surface area contributed by atoms with Gasteiger partial charge in [0.25, 0.3) is 0 Å². The molecule has 0 aliphatic carbocycles. The first-order valence-corrected chi connectivity index (χ1v) is 7.17. The molecule has 0 atom stereocenters. The van der Waals surface area contributed by atoms with Gasteiger partial charge in [-0.05, 0) is 33.6 Å². The van der Waals surface area contributed by atoms with Gasteiger partial charge in [-0.3, -0.25) is 4.90 Å². The van der Waals surface area contributed by atoms with Crippen LogP contribution in [0, 0.1) is 0 Å². The van der Waals surface area contributed by atoms with Gasteiger partial charge in [0.05, 0.1) is 24.8 Å². The lowest BCUT2D eigenvalue weighted by atomic mass is 10.2. The summed E-state index contributed by atoms with van der Waals surface area (Å²) in [5, 5.41) is 9.81. The molecule has 0 fully saturated rings. The Balaban J connectivity index is 2.78. The highest BCUT2D eigenvalue weighted by Gasteiger charge is 2.11. The lowest BCUT2D eigenvalue weighted by molar-refractivity contribution is 0.110. The number of ether oxygens (including phenoxy) is 3. The van der Waals surface area contributed by atoms with Crippen LogP contribution in [-0.2, 0) is 16.0 Å². The predicted molar refractivity (Wildman–Crippen MR) is 81.4 cm³/mol. The maximum atomic E-state index is 9.81. The van der Waals surface area contributed by atoms with Gasteiger partial charge in [0.1, 0.15) is 0 Å². The maximum Gasteiger partial charge on any atom is 0.172 e. The molecule has 1 rings (SSSR count).